The minimum atomic E-state index is -4.78. The topological polar surface area (TPSA) is 109 Å². The molecule has 0 bridgehead atoms. The number of aromatic carboxylic acids is 1. The molecule has 0 aliphatic heterocycles. The molecule has 0 atom stereocenters. The molecule has 0 unspecified atom stereocenters. The lowest BCUT2D eigenvalue weighted by Crippen LogP contribution is -2.38. The van der Waals surface area contributed by atoms with Crippen LogP contribution in [0.3, 0.4) is 0 Å². The van der Waals surface area contributed by atoms with Crippen LogP contribution in [-0.4, -0.2) is 27.9 Å². The first-order valence-corrected chi connectivity index (χ1v) is 13.7. The van der Waals surface area contributed by atoms with E-state index in [0.29, 0.717) is 10.8 Å². The number of hydrogen-bond donors (Lipinski definition) is 1. The SMILES string of the molecule is O=C(O)c1ccccc1N(S(=O)(=O)c1ccc2ccccc2c1)S(=O)(=O)c1ccc2ccccc2c1. The number of anilines is 1. The van der Waals surface area contributed by atoms with E-state index in [0.717, 1.165) is 16.8 Å². The molecule has 0 saturated heterocycles. The van der Waals surface area contributed by atoms with Gasteiger partial charge in [0.15, 0.2) is 0 Å². The molecular formula is C27H19NO6S2. The van der Waals surface area contributed by atoms with Crippen molar-refractivity contribution in [3.8, 4) is 0 Å². The lowest BCUT2D eigenvalue weighted by atomic mass is 10.1. The summed E-state index contributed by atoms with van der Waals surface area (Å²) in [6, 6.07) is 27.7. The van der Waals surface area contributed by atoms with Crippen LogP contribution in [0.1, 0.15) is 10.4 Å². The van der Waals surface area contributed by atoms with Crippen molar-refractivity contribution in [3.63, 3.8) is 0 Å². The Hall–Kier alpha value is -4.21. The fourth-order valence-electron chi connectivity index (χ4n) is 4.05. The number of carboxylic acids is 1. The Balaban J connectivity index is 1.79. The quantitative estimate of drug-likeness (QED) is 0.328. The van der Waals surface area contributed by atoms with Crippen molar-refractivity contribution in [2.24, 2.45) is 0 Å². The maximum atomic E-state index is 14.0. The van der Waals surface area contributed by atoms with Crippen molar-refractivity contribution in [2.75, 3.05) is 3.71 Å². The summed E-state index contributed by atoms with van der Waals surface area (Å²) in [7, 11) is -9.56. The molecule has 0 saturated carbocycles. The van der Waals surface area contributed by atoms with Gasteiger partial charge in [-0.25, -0.2) is 21.6 Å². The van der Waals surface area contributed by atoms with Crippen LogP contribution >= 0.6 is 0 Å². The molecule has 0 spiro atoms. The van der Waals surface area contributed by atoms with Crippen molar-refractivity contribution in [2.45, 2.75) is 9.79 Å². The molecule has 0 fully saturated rings. The van der Waals surface area contributed by atoms with Crippen LogP contribution in [0.4, 0.5) is 5.69 Å². The summed E-state index contributed by atoms with van der Waals surface area (Å²) in [6.45, 7) is 0. The highest BCUT2D eigenvalue weighted by atomic mass is 32.3. The molecule has 0 heterocycles. The maximum absolute atomic E-state index is 14.0. The Kier molecular flexibility index (Phi) is 5.74. The van der Waals surface area contributed by atoms with E-state index in [2.05, 4.69) is 0 Å². The Bertz CT molecular complexity index is 1760. The number of carbonyl (C=O) groups is 1. The highest BCUT2D eigenvalue weighted by Crippen LogP contribution is 2.35. The molecule has 5 aromatic carbocycles. The molecule has 7 nitrogen and oxygen atoms in total. The smallest absolute Gasteiger partial charge is 0.337 e. The van der Waals surface area contributed by atoms with Gasteiger partial charge in [-0.15, -0.1) is 0 Å². The van der Waals surface area contributed by atoms with E-state index in [4.69, 9.17) is 0 Å². The molecule has 5 rings (SSSR count). The van der Waals surface area contributed by atoms with Gasteiger partial charge in [0.1, 0.15) is 0 Å². The number of sulfonamides is 2. The lowest BCUT2D eigenvalue weighted by molar-refractivity contribution is 0.0698. The molecule has 36 heavy (non-hydrogen) atoms. The number of para-hydroxylation sites is 1. The van der Waals surface area contributed by atoms with Crippen LogP contribution in [0.5, 0.6) is 0 Å². The Morgan fingerprint density at radius 3 is 1.44 bits per heavy atom. The average molecular weight is 518 g/mol. The van der Waals surface area contributed by atoms with E-state index in [1.165, 1.54) is 42.5 Å². The van der Waals surface area contributed by atoms with Crippen LogP contribution in [-0.2, 0) is 20.0 Å². The van der Waals surface area contributed by atoms with Crippen LogP contribution in [0.15, 0.2) is 119 Å². The molecule has 1 N–H and O–H groups in total. The zero-order valence-electron chi connectivity index (χ0n) is 18.6. The number of rotatable bonds is 6. The summed E-state index contributed by atoms with van der Waals surface area (Å²) in [5, 5.41) is 12.5. The highest BCUT2D eigenvalue weighted by Gasteiger charge is 2.39. The van der Waals surface area contributed by atoms with Gasteiger partial charge < -0.3 is 5.11 Å². The molecule has 180 valence electrons. The Morgan fingerprint density at radius 1 is 0.556 bits per heavy atom. The van der Waals surface area contributed by atoms with Gasteiger partial charge in [-0.2, -0.15) is 3.71 Å². The maximum Gasteiger partial charge on any atom is 0.337 e. The normalized spacial score (nSPS) is 12.0. The first kappa shape index (κ1) is 23.5. The standard InChI is InChI=1S/C27H19NO6S2/c29-27(30)25-11-5-6-12-26(25)28(35(31,32)23-15-13-19-7-1-3-9-21(19)17-23)36(33,34)24-16-14-20-8-2-4-10-22(20)18-24/h1-18H,(H,29,30). The minimum absolute atomic E-state index is 0.220. The Morgan fingerprint density at radius 2 is 0.972 bits per heavy atom. The van der Waals surface area contributed by atoms with Gasteiger partial charge in [-0.05, 0) is 57.9 Å². The summed E-state index contributed by atoms with van der Waals surface area (Å²) in [5.74, 6) is -1.46. The van der Waals surface area contributed by atoms with E-state index < -0.39 is 37.3 Å². The first-order valence-electron chi connectivity index (χ1n) is 10.8. The van der Waals surface area contributed by atoms with Crippen LogP contribution in [0, 0.1) is 0 Å². The second kappa shape index (κ2) is 8.78. The van der Waals surface area contributed by atoms with Crippen molar-refractivity contribution in [1.82, 2.24) is 0 Å². The molecule has 0 radical (unpaired) electrons. The minimum Gasteiger partial charge on any atom is -0.478 e. The van der Waals surface area contributed by atoms with Gasteiger partial charge in [0, 0.05) is 0 Å². The summed E-state index contributed by atoms with van der Waals surface area (Å²) >= 11 is 0. The number of fused-ring (bicyclic) bond motifs is 2. The number of benzene rings is 5. The molecule has 5 aromatic rings. The fourth-order valence-corrected chi connectivity index (χ4v) is 7.85. The summed E-state index contributed by atoms with van der Waals surface area (Å²) < 4.78 is 56.2. The van der Waals surface area contributed by atoms with Crippen molar-refractivity contribution in [1.29, 1.82) is 0 Å². The molecule has 0 amide bonds. The van der Waals surface area contributed by atoms with Crippen LogP contribution in [0.2, 0.25) is 0 Å². The van der Waals surface area contributed by atoms with Crippen LogP contribution in [0.25, 0.3) is 21.5 Å². The first-order chi connectivity index (χ1) is 17.2. The Labute approximate surface area is 208 Å². The molecule has 0 aromatic heterocycles. The van der Waals surface area contributed by atoms with Crippen molar-refractivity contribution < 1.29 is 26.7 Å². The number of carboxylic acid groups (broad SMARTS) is 1. The van der Waals surface area contributed by atoms with Crippen molar-refractivity contribution in [3.05, 3.63) is 115 Å². The van der Waals surface area contributed by atoms with E-state index in [1.54, 1.807) is 60.7 Å². The summed E-state index contributed by atoms with van der Waals surface area (Å²) in [5.41, 5.74) is -0.947. The fraction of sp³-hybridized carbons (Fsp3) is 0. The zero-order valence-corrected chi connectivity index (χ0v) is 20.3. The van der Waals surface area contributed by atoms with Crippen molar-refractivity contribution >= 4 is 53.2 Å². The van der Waals surface area contributed by atoms with Gasteiger partial charge in [0.05, 0.1) is 21.0 Å². The second-order valence-electron chi connectivity index (χ2n) is 8.05. The molecule has 0 aliphatic carbocycles. The van der Waals surface area contributed by atoms with E-state index >= 15 is 0 Å². The molecule has 9 heteroatoms. The zero-order chi connectivity index (χ0) is 25.5. The van der Waals surface area contributed by atoms with Gasteiger partial charge in [-0.1, -0.05) is 72.8 Å². The van der Waals surface area contributed by atoms with E-state index in [1.807, 2.05) is 0 Å². The third-order valence-corrected chi connectivity index (χ3v) is 9.95. The van der Waals surface area contributed by atoms with Crippen LogP contribution < -0.4 is 3.71 Å². The highest BCUT2D eigenvalue weighted by molar-refractivity contribution is 8.10. The van der Waals surface area contributed by atoms with Gasteiger partial charge in [0.25, 0.3) is 20.0 Å². The van der Waals surface area contributed by atoms with Gasteiger partial charge >= 0.3 is 5.97 Å². The third kappa shape index (κ3) is 3.98. The predicted octanol–water partition coefficient (Wildman–Crippen LogP) is 5.28. The largest absolute Gasteiger partial charge is 0.478 e. The monoisotopic (exact) mass is 517 g/mol. The third-order valence-electron chi connectivity index (χ3n) is 5.81. The number of nitrogens with zero attached hydrogens (tertiary/aromatic N) is 1. The second-order valence-corrected chi connectivity index (χ2v) is 11.9. The van der Waals surface area contributed by atoms with E-state index in [9.17, 15) is 26.7 Å². The average Bonchev–Trinajstić information content (AvgIpc) is 2.88. The molecule has 0 aliphatic rings. The van der Waals surface area contributed by atoms with Gasteiger partial charge in [0.2, 0.25) is 0 Å². The number of hydrogen-bond acceptors (Lipinski definition) is 5. The summed E-state index contributed by atoms with van der Waals surface area (Å²) in [6.07, 6.45) is 0. The lowest BCUT2D eigenvalue weighted by Gasteiger charge is -2.25. The molecular weight excluding hydrogens is 498 g/mol. The van der Waals surface area contributed by atoms with Gasteiger partial charge in [-0.3, -0.25) is 0 Å². The predicted molar refractivity (Wildman–Crippen MR) is 138 cm³/mol. The summed E-state index contributed by atoms with van der Waals surface area (Å²) in [4.78, 5) is 11.4. The van der Waals surface area contributed by atoms with E-state index in [-0.39, 0.29) is 13.5 Å².